The summed E-state index contributed by atoms with van der Waals surface area (Å²) in [5, 5.41) is 13.6. The molecule has 1 aromatic rings. The molecule has 1 N–H and O–H groups in total. The normalized spacial score (nSPS) is 11.4. The Morgan fingerprint density at radius 3 is 2.60 bits per heavy atom. The standard InChI is InChI=1S/C12H15F3N2O3/c1-20-7-3-2-6-16-10-5-4-9(12(13,14)15)8-11(10)17(18)19/h4-5,8,16H,2-3,6-7H2,1H3. The molecule has 0 saturated carbocycles. The molecule has 0 unspecified atom stereocenters. The van der Waals surface area contributed by atoms with Gasteiger partial charge >= 0.3 is 6.18 Å². The summed E-state index contributed by atoms with van der Waals surface area (Å²) in [7, 11) is 1.56. The summed E-state index contributed by atoms with van der Waals surface area (Å²) < 4.78 is 42.3. The number of nitrogens with zero attached hydrogens (tertiary/aromatic N) is 1. The number of nitrogens with one attached hydrogen (secondary N) is 1. The molecule has 0 aliphatic carbocycles. The SMILES string of the molecule is COCCCCNc1ccc(C(F)(F)F)cc1[N+](=O)[O-]. The summed E-state index contributed by atoms with van der Waals surface area (Å²) in [6, 6.07) is 2.44. The Hall–Kier alpha value is -1.83. The largest absolute Gasteiger partial charge is 0.416 e. The van der Waals surface area contributed by atoms with Gasteiger partial charge in [-0.05, 0) is 25.0 Å². The first kappa shape index (κ1) is 16.2. The van der Waals surface area contributed by atoms with Crippen molar-refractivity contribution < 1.29 is 22.8 Å². The Kier molecular flexibility index (Phi) is 5.75. The van der Waals surface area contributed by atoms with Crippen LogP contribution in [0.2, 0.25) is 0 Å². The third-order valence-corrected chi connectivity index (χ3v) is 2.61. The third kappa shape index (κ3) is 4.69. The van der Waals surface area contributed by atoms with E-state index in [4.69, 9.17) is 4.74 Å². The van der Waals surface area contributed by atoms with Crippen molar-refractivity contribution in [3.8, 4) is 0 Å². The fourth-order valence-corrected chi connectivity index (χ4v) is 1.60. The van der Waals surface area contributed by atoms with E-state index in [9.17, 15) is 23.3 Å². The van der Waals surface area contributed by atoms with Crippen LogP contribution in [0.3, 0.4) is 0 Å². The van der Waals surface area contributed by atoms with Gasteiger partial charge < -0.3 is 10.1 Å². The average Bonchev–Trinajstić information content (AvgIpc) is 2.37. The minimum absolute atomic E-state index is 0.0837. The van der Waals surface area contributed by atoms with E-state index < -0.39 is 22.4 Å². The molecule has 0 aliphatic rings. The molecule has 0 aliphatic heterocycles. The van der Waals surface area contributed by atoms with Crippen molar-refractivity contribution in [2.45, 2.75) is 19.0 Å². The van der Waals surface area contributed by atoms with E-state index in [-0.39, 0.29) is 5.69 Å². The number of benzene rings is 1. The van der Waals surface area contributed by atoms with E-state index in [0.29, 0.717) is 25.6 Å². The molecule has 112 valence electrons. The van der Waals surface area contributed by atoms with Crippen LogP contribution in [-0.4, -0.2) is 25.2 Å². The Morgan fingerprint density at radius 2 is 2.05 bits per heavy atom. The van der Waals surface area contributed by atoms with E-state index in [2.05, 4.69) is 5.32 Å². The van der Waals surface area contributed by atoms with Gasteiger partial charge in [0.1, 0.15) is 5.69 Å². The van der Waals surface area contributed by atoms with Crippen LogP contribution in [0.4, 0.5) is 24.5 Å². The van der Waals surface area contributed by atoms with Crippen LogP contribution >= 0.6 is 0 Å². The van der Waals surface area contributed by atoms with Crippen LogP contribution in [0.1, 0.15) is 18.4 Å². The van der Waals surface area contributed by atoms with Gasteiger partial charge in [0.25, 0.3) is 5.69 Å². The highest BCUT2D eigenvalue weighted by Gasteiger charge is 2.32. The number of unbranched alkanes of at least 4 members (excludes halogenated alkanes) is 1. The number of halogens is 3. The number of nitro benzene ring substituents is 1. The van der Waals surface area contributed by atoms with Crippen molar-refractivity contribution in [2.75, 3.05) is 25.6 Å². The van der Waals surface area contributed by atoms with Crippen molar-refractivity contribution in [1.29, 1.82) is 0 Å². The highest BCUT2D eigenvalue weighted by atomic mass is 19.4. The molecule has 0 spiro atoms. The lowest BCUT2D eigenvalue weighted by molar-refractivity contribution is -0.384. The van der Waals surface area contributed by atoms with Gasteiger partial charge in [-0.1, -0.05) is 0 Å². The lowest BCUT2D eigenvalue weighted by Gasteiger charge is -2.10. The number of ether oxygens (including phenoxy) is 1. The van der Waals surface area contributed by atoms with Crippen molar-refractivity contribution in [1.82, 2.24) is 0 Å². The number of anilines is 1. The summed E-state index contributed by atoms with van der Waals surface area (Å²) in [6.45, 7) is 0.992. The number of hydrogen-bond donors (Lipinski definition) is 1. The smallest absolute Gasteiger partial charge is 0.385 e. The predicted molar refractivity (Wildman–Crippen MR) is 67.7 cm³/mol. The number of hydrogen-bond acceptors (Lipinski definition) is 4. The van der Waals surface area contributed by atoms with Gasteiger partial charge in [0.05, 0.1) is 10.5 Å². The molecular formula is C12H15F3N2O3. The van der Waals surface area contributed by atoms with E-state index >= 15 is 0 Å². The second-order valence-corrected chi connectivity index (χ2v) is 4.11. The van der Waals surface area contributed by atoms with Gasteiger partial charge in [-0.25, -0.2) is 0 Å². The molecule has 0 radical (unpaired) electrons. The first-order valence-corrected chi connectivity index (χ1v) is 5.94. The van der Waals surface area contributed by atoms with E-state index in [0.717, 1.165) is 18.6 Å². The van der Waals surface area contributed by atoms with Crippen LogP contribution in [-0.2, 0) is 10.9 Å². The maximum absolute atomic E-state index is 12.5. The fourth-order valence-electron chi connectivity index (χ4n) is 1.60. The number of nitro groups is 1. The van der Waals surface area contributed by atoms with E-state index in [1.807, 2.05) is 0 Å². The lowest BCUT2D eigenvalue weighted by Crippen LogP contribution is -2.09. The van der Waals surface area contributed by atoms with Gasteiger partial charge in [0, 0.05) is 26.3 Å². The predicted octanol–water partition coefficient (Wildman–Crippen LogP) is 3.45. The highest BCUT2D eigenvalue weighted by molar-refractivity contribution is 5.62. The molecule has 0 heterocycles. The zero-order valence-electron chi connectivity index (χ0n) is 10.9. The summed E-state index contributed by atoms with van der Waals surface area (Å²) in [5.74, 6) is 0. The molecule has 0 fully saturated rings. The Morgan fingerprint density at radius 1 is 1.35 bits per heavy atom. The van der Waals surface area contributed by atoms with Gasteiger partial charge in [0.2, 0.25) is 0 Å². The second kappa shape index (κ2) is 7.09. The molecule has 0 bridgehead atoms. The quantitative estimate of drug-likeness (QED) is 0.475. The first-order valence-electron chi connectivity index (χ1n) is 5.94. The molecule has 8 heteroatoms. The topological polar surface area (TPSA) is 64.4 Å². The Balaban J connectivity index is 2.78. The summed E-state index contributed by atoms with van der Waals surface area (Å²) in [4.78, 5) is 9.99. The zero-order chi connectivity index (χ0) is 15.2. The average molecular weight is 292 g/mol. The second-order valence-electron chi connectivity index (χ2n) is 4.11. The summed E-state index contributed by atoms with van der Waals surface area (Å²) in [5.41, 5.74) is -1.53. The monoisotopic (exact) mass is 292 g/mol. The molecular weight excluding hydrogens is 277 g/mol. The molecule has 20 heavy (non-hydrogen) atoms. The molecule has 0 amide bonds. The maximum atomic E-state index is 12.5. The van der Waals surface area contributed by atoms with Gasteiger partial charge in [-0.2, -0.15) is 13.2 Å². The number of methoxy groups -OCH3 is 1. The lowest BCUT2D eigenvalue weighted by atomic mass is 10.1. The van der Waals surface area contributed by atoms with Gasteiger partial charge in [0.15, 0.2) is 0 Å². The molecule has 5 nitrogen and oxygen atoms in total. The summed E-state index contributed by atoms with van der Waals surface area (Å²) in [6.07, 6.45) is -3.13. The molecule has 0 aromatic heterocycles. The third-order valence-electron chi connectivity index (χ3n) is 2.61. The van der Waals surface area contributed by atoms with Gasteiger partial charge in [-0.15, -0.1) is 0 Å². The van der Waals surface area contributed by atoms with Crippen molar-refractivity contribution >= 4 is 11.4 Å². The molecule has 1 aromatic carbocycles. The Bertz CT molecular complexity index is 464. The molecule has 0 saturated heterocycles. The van der Waals surface area contributed by atoms with Crippen LogP contribution in [0.15, 0.2) is 18.2 Å². The van der Waals surface area contributed by atoms with Crippen LogP contribution in [0.25, 0.3) is 0 Å². The number of rotatable bonds is 7. The minimum atomic E-state index is -4.60. The van der Waals surface area contributed by atoms with Gasteiger partial charge in [-0.3, -0.25) is 10.1 Å². The minimum Gasteiger partial charge on any atom is -0.385 e. The molecule has 1 rings (SSSR count). The zero-order valence-corrected chi connectivity index (χ0v) is 10.9. The van der Waals surface area contributed by atoms with Crippen LogP contribution in [0, 0.1) is 10.1 Å². The molecule has 0 atom stereocenters. The number of alkyl halides is 3. The van der Waals surface area contributed by atoms with Crippen LogP contribution in [0.5, 0.6) is 0 Å². The van der Waals surface area contributed by atoms with E-state index in [1.165, 1.54) is 0 Å². The highest BCUT2D eigenvalue weighted by Crippen LogP contribution is 2.34. The van der Waals surface area contributed by atoms with Crippen LogP contribution < -0.4 is 5.32 Å². The van der Waals surface area contributed by atoms with Crippen molar-refractivity contribution in [2.24, 2.45) is 0 Å². The Labute approximate surface area is 113 Å². The van der Waals surface area contributed by atoms with Crippen molar-refractivity contribution in [3.63, 3.8) is 0 Å². The summed E-state index contributed by atoms with van der Waals surface area (Å²) >= 11 is 0. The van der Waals surface area contributed by atoms with E-state index in [1.54, 1.807) is 7.11 Å². The van der Waals surface area contributed by atoms with Crippen molar-refractivity contribution in [3.05, 3.63) is 33.9 Å². The fraction of sp³-hybridized carbons (Fsp3) is 0.500. The maximum Gasteiger partial charge on any atom is 0.416 e. The first-order chi connectivity index (χ1) is 9.36.